The molecule has 0 aliphatic rings. The molecule has 2 nitrogen and oxygen atoms in total. The van der Waals surface area contributed by atoms with Gasteiger partial charge in [-0.1, -0.05) is 12.1 Å². The minimum absolute atomic E-state index is 0.280. The largest absolute Gasteiger partial charge is 0.396 e. The van der Waals surface area contributed by atoms with Crippen molar-refractivity contribution < 1.29 is 5.11 Å². The Balaban J connectivity index is 2.05. The van der Waals surface area contributed by atoms with E-state index in [2.05, 4.69) is 35.0 Å². The van der Waals surface area contributed by atoms with Crippen molar-refractivity contribution in [3.05, 3.63) is 35.2 Å². The van der Waals surface area contributed by atoms with Crippen molar-refractivity contribution in [1.82, 2.24) is 5.32 Å². The summed E-state index contributed by atoms with van der Waals surface area (Å²) in [5.74, 6) is 0. The summed E-state index contributed by atoms with van der Waals surface area (Å²) in [6, 6.07) is 9.30. The molecule has 2 rings (SSSR count). The van der Waals surface area contributed by atoms with Gasteiger partial charge in [-0.2, -0.15) is 0 Å². The minimum Gasteiger partial charge on any atom is -0.396 e. The molecule has 2 aromatic rings. The number of benzene rings is 1. The Labute approximate surface area is 106 Å². The van der Waals surface area contributed by atoms with Crippen LogP contribution in [-0.2, 0) is 6.42 Å². The summed E-state index contributed by atoms with van der Waals surface area (Å²) in [6.45, 7) is 0.280. The number of likely N-dealkylation sites (N-methyl/N-ethyl adjacent to an activating group) is 1. The second-order valence-electron chi connectivity index (χ2n) is 4.35. The van der Waals surface area contributed by atoms with Gasteiger partial charge in [-0.3, -0.25) is 0 Å². The number of rotatable bonds is 6. The first-order valence-corrected chi connectivity index (χ1v) is 6.95. The number of hydrogen-bond donors (Lipinski definition) is 2. The standard InChI is InChI=1S/C14H19NOS/c1-15-13(3-2-7-16)9-11-4-5-12-6-8-17-14(12)10-11/h4-6,8,10,13,15-16H,2-3,7,9H2,1H3. The third-order valence-corrected chi connectivity index (χ3v) is 4.00. The minimum atomic E-state index is 0.280. The highest BCUT2D eigenvalue weighted by Gasteiger charge is 2.07. The molecular weight excluding hydrogens is 230 g/mol. The van der Waals surface area contributed by atoms with Crippen LogP contribution in [0.3, 0.4) is 0 Å². The number of aliphatic hydroxyl groups excluding tert-OH is 1. The Morgan fingerprint density at radius 2 is 2.24 bits per heavy atom. The summed E-state index contributed by atoms with van der Waals surface area (Å²) in [5, 5.41) is 15.6. The molecule has 2 N–H and O–H groups in total. The lowest BCUT2D eigenvalue weighted by Gasteiger charge is -2.15. The number of fused-ring (bicyclic) bond motifs is 1. The van der Waals surface area contributed by atoms with Crippen LogP contribution in [-0.4, -0.2) is 24.8 Å². The summed E-state index contributed by atoms with van der Waals surface area (Å²) in [7, 11) is 1.99. The maximum absolute atomic E-state index is 8.86. The summed E-state index contributed by atoms with van der Waals surface area (Å²) in [6.07, 6.45) is 2.92. The van der Waals surface area contributed by atoms with Gasteiger partial charge < -0.3 is 10.4 Å². The Hall–Kier alpha value is -0.900. The first-order valence-electron chi connectivity index (χ1n) is 6.07. The molecule has 1 unspecified atom stereocenters. The zero-order valence-electron chi connectivity index (χ0n) is 10.1. The van der Waals surface area contributed by atoms with Crippen LogP contribution in [0.1, 0.15) is 18.4 Å². The predicted octanol–water partition coefficient (Wildman–Crippen LogP) is 2.80. The molecule has 0 saturated carbocycles. The van der Waals surface area contributed by atoms with E-state index in [1.807, 2.05) is 7.05 Å². The van der Waals surface area contributed by atoms with Gasteiger partial charge in [-0.05, 0) is 54.8 Å². The van der Waals surface area contributed by atoms with Gasteiger partial charge in [0.15, 0.2) is 0 Å². The fourth-order valence-corrected chi connectivity index (χ4v) is 2.95. The van der Waals surface area contributed by atoms with E-state index < -0.39 is 0 Å². The van der Waals surface area contributed by atoms with Crippen LogP contribution in [0.4, 0.5) is 0 Å². The maximum atomic E-state index is 8.86. The topological polar surface area (TPSA) is 32.3 Å². The van der Waals surface area contributed by atoms with Crippen molar-refractivity contribution in [2.45, 2.75) is 25.3 Å². The Bertz CT molecular complexity index is 466. The molecule has 1 aromatic heterocycles. The Morgan fingerprint density at radius 3 is 3.00 bits per heavy atom. The summed E-state index contributed by atoms with van der Waals surface area (Å²) >= 11 is 1.79. The van der Waals surface area contributed by atoms with Crippen molar-refractivity contribution in [2.75, 3.05) is 13.7 Å². The van der Waals surface area contributed by atoms with Gasteiger partial charge in [0, 0.05) is 17.3 Å². The van der Waals surface area contributed by atoms with Crippen molar-refractivity contribution >= 4 is 21.4 Å². The fraction of sp³-hybridized carbons (Fsp3) is 0.429. The van der Waals surface area contributed by atoms with E-state index in [0.717, 1.165) is 19.3 Å². The molecule has 17 heavy (non-hydrogen) atoms. The first kappa shape index (κ1) is 12.6. The van der Waals surface area contributed by atoms with Crippen LogP contribution in [0.25, 0.3) is 10.1 Å². The van der Waals surface area contributed by atoms with Gasteiger partial charge in [0.1, 0.15) is 0 Å². The van der Waals surface area contributed by atoms with Gasteiger partial charge in [-0.25, -0.2) is 0 Å². The smallest absolute Gasteiger partial charge is 0.0431 e. The van der Waals surface area contributed by atoms with Crippen molar-refractivity contribution in [2.24, 2.45) is 0 Å². The highest BCUT2D eigenvalue weighted by Crippen LogP contribution is 2.22. The summed E-state index contributed by atoms with van der Waals surface area (Å²) in [4.78, 5) is 0. The van der Waals surface area contributed by atoms with Crippen molar-refractivity contribution in [1.29, 1.82) is 0 Å². The van der Waals surface area contributed by atoms with E-state index in [1.165, 1.54) is 15.6 Å². The lowest BCUT2D eigenvalue weighted by atomic mass is 10.0. The number of hydrogen-bond acceptors (Lipinski definition) is 3. The van der Waals surface area contributed by atoms with E-state index in [4.69, 9.17) is 5.11 Å². The number of nitrogens with one attached hydrogen (secondary N) is 1. The first-order chi connectivity index (χ1) is 8.33. The molecule has 0 radical (unpaired) electrons. The molecule has 92 valence electrons. The third kappa shape index (κ3) is 3.28. The normalized spacial score (nSPS) is 13.1. The predicted molar refractivity (Wildman–Crippen MR) is 74.7 cm³/mol. The van der Waals surface area contributed by atoms with Crippen molar-refractivity contribution in [3.8, 4) is 0 Å². The highest BCUT2D eigenvalue weighted by atomic mass is 32.1. The lowest BCUT2D eigenvalue weighted by molar-refractivity contribution is 0.276. The van der Waals surface area contributed by atoms with Gasteiger partial charge in [-0.15, -0.1) is 11.3 Å². The fourth-order valence-electron chi connectivity index (χ4n) is 2.10. The van der Waals surface area contributed by atoms with Crippen molar-refractivity contribution in [3.63, 3.8) is 0 Å². The van der Waals surface area contributed by atoms with Crippen LogP contribution in [0, 0.1) is 0 Å². The second-order valence-corrected chi connectivity index (χ2v) is 5.30. The van der Waals surface area contributed by atoms with E-state index in [9.17, 15) is 0 Å². The van der Waals surface area contributed by atoms with Crippen LogP contribution < -0.4 is 5.32 Å². The monoisotopic (exact) mass is 249 g/mol. The Kier molecular flexibility index (Phi) is 4.54. The molecule has 0 aliphatic heterocycles. The molecule has 0 amide bonds. The van der Waals surface area contributed by atoms with Crippen LogP contribution in [0.15, 0.2) is 29.6 Å². The number of thiophene rings is 1. The molecule has 0 aliphatic carbocycles. The molecule has 3 heteroatoms. The van der Waals surface area contributed by atoms with E-state index in [-0.39, 0.29) is 6.61 Å². The average molecular weight is 249 g/mol. The SMILES string of the molecule is CNC(CCCO)Cc1ccc2ccsc2c1. The van der Waals surface area contributed by atoms with E-state index in [1.54, 1.807) is 11.3 Å². The molecule has 0 fully saturated rings. The van der Waals surface area contributed by atoms with Crippen LogP contribution in [0.2, 0.25) is 0 Å². The molecule has 0 bridgehead atoms. The summed E-state index contributed by atoms with van der Waals surface area (Å²) in [5.41, 5.74) is 1.37. The van der Waals surface area contributed by atoms with Crippen LogP contribution in [0.5, 0.6) is 0 Å². The molecule has 0 spiro atoms. The molecule has 1 aromatic carbocycles. The van der Waals surface area contributed by atoms with Gasteiger partial charge in [0.05, 0.1) is 0 Å². The molecular formula is C14H19NOS. The molecule has 1 atom stereocenters. The van der Waals surface area contributed by atoms with Crippen LogP contribution >= 0.6 is 11.3 Å². The third-order valence-electron chi connectivity index (χ3n) is 3.12. The van der Waals surface area contributed by atoms with Gasteiger partial charge in [0.25, 0.3) is 0 Å². The maximum Gasteiger partial charge on any atom is 0.0431 e. The molecule has 0 saturated heterocycles. The number of aliphatic hydroxyl groups is 1. The van der Waals surface area contributed by atoms with Gasteiger partial charge in [0.2, 0.25) is 0 Å². The zero-order chi connectivity index (χ0) is 12.1. The van der Waals surface area contributed by atoms with E-state index in [0.29, 0.717) is 6.04 Å². The average Bonchev–Trinajstić information content (AvgIpc) is 2.81. The highest BCUT2D eigenvalue weighted by molar-refractivity contribution is 7.17. The van der Waals surface area contributed by atoms with Gasteiger partial charge >= 0.3 is 0 Å². The second kappa shape index (κ2) is 6.15. The van der Waals surface area contributed by atoms with E-state index >= 15 is 0 Å². The lowest BCUT2D eigenvalue weighted by Crippen LogP contribution is -2.27. The summed E-state index contributed by atoms with van der Waals surface area (Å²) < 4.78 is 1.36. The Morgan fingerprint density at radius 1 is 1.35 bits per heavy atom. The quantitative estimate of drug-likeness (QED) is 0.825. The molecule has 1 heterocycles. The zero-order valence-corrected chi connectivity index (χ0v) is 11.0.